The summed E-state index contributed by atoms with van der Waals surface area (Å²) in [6.07, 6.45) is 8.17. The van der Waals surface area contributed by atoms with Gasteiger partial charge in [0.2, 0.25) is 11.9 Å². The van der Waals surface area contributed by atoms with Crippen molar-refractivity contribution in [1.29, 1.82) is 0 Å². The van der Waals surface area contributed by atoms with Gasteiger partial charge >= 0.3 is 6.01 Å². The number of hydrogen-bond donors (Lipinski definition) is 3. The van der Waals surface area contributed by atoms with Crippen molar-refractivity contribution in [1.82, 2.24) is 34.7 Å². The van der Waals surface area contributed by atoms with Gasteiger partial charge in [-0.2, -0.15) is 20.1 Å². The van der Waals surface area contributed by atoms with E-state index in [1.807, 2.05) is 29.0 Å². The minimum atomic E-state index is 0.244. The minimum absolute atomic E-state index is 0.244. The van der Waals surface area contributed by atoms with Crippen molar-refractivity contribution in [2.45, 2.75) is 13.0 Å². The number of aryl methyl sites for hydroxylation is 1. The van der Waals surface area contributed by atoms with Crippen LogP contribution in [0.1, 0.15) is 6.42 Å². The average Bonchev–Trinajstić information content (AvgIpc) is 3.36. The van der Waals surface area contributed by atoms with Crippen LogP contribution in [-0.2, 0) is 6.54 Å². The number of anilines is 3. The maximum atomic E-state index is 5.19. The van der Waals surface area contributed by atoms with Gasteiger partial charge in [0.05, 0.1) is 25.2 Å². The molecule has 3 aromatic heterocycles. The number of nitrogens with zero attached hydrogens (tertiary/aromatic N) is 6. The van der Waals surface area contributed by atoms with Gasteiger partial charge in [0, 0.05) is 36.6 Å². The Morgan fingerprint density at radius 1 is 1.19 bits per heavy atom. The second-order valence-corrected chi connectivity index (χ2v) is 5.85. The monoisotopic (exact) mass is 365 g/mol. The molecule has 0 bridgehead atoms. The van der Waals surface area contributed by atoms with Crippen molar-refractivity contribution in [3.05, 3.63) is 43.1 Å². The molecule has 0 aliphatic carbocycles. The smallest absolute Gasteiger partial charge is 0.322 e. The Morgan fingerprint density at radius 2 is 2.11 bits per heavy atom. The van der Waals surface area contributed by atoms with Gasteiger partial charge in [0.25, 0.3) is 0 Å². The Morgan fingerprint density at radius 3 is 2.96 bits per heavy atom. The predicted molar refractivity (Wildman–Crippen MR) is 101 cm³/mol. The Kier molecular flexibility index (Phi) is 4.77. The number of ether oxygens (including phenoxy) is 1. The summed E-state index contributed by atoms with van der Waals surface area (Å²) in [5.74, 6) is 0.862. The zero-order valence-corrected chi connectivity index (χ0v) is 14.8. The molecule has 0 radical (unpaired) electrons. The van der Waals surface area contributed by atoms with Crippen LogP contribution in [0.25, 0.3) is 10.9 Å². The average molecular weight is 365 g/mol. The van der Waals surface area contributed by atoms with Gasteiger partial charge in [-0.15, -0.1) is 0 Å². The van der Waals surface area contributed by atoms with E-state index >= 15 is 0 Å². The van der Waals surface area contributed by atoms with Gasteiger partial charge in [0.15, 0.2) is 0 Å². The van der Waals surface area contributed by atoms with E-state index in [1.165, 1.54) is 7.11 Å². The Hall–Kier alpha value is -3.69. The van der Waals surface area contributed by atoms with Crippen LogP contribution in [-0.4, -0.2) is 48.4 Å². The topological polar surface area (TPSA) is 118 Å². The molecule has 10 nitrogen and oxygen atoms in total. The second-order valence-electron chi connectivity index (χ2n) is 5.85. The molecular formula is C17H19N9O. The molecule has 0 fully saturated rings. The van der Waals surface area contributed by atoms with Gasteiger partial charge in [-0.1, -0.05) is 0 Å². The standard InChI is InChI=1S/C17H19N9O/c1-27-17-23-15(19-5-2-7-26-8-6-18-11-26)22-16(24-17)21-13-3-4-14-12(9-13)10-20-25-14/h3-4,6,8-11H,2,5,7H2,1H3,(H,20,25)(H2,19,21,22,23,24). The molecule has 10 heteroatoms. The van der Waals surface area contributed by atoms with E-state index in [1.54, 1.807) is 18.7 Å². The third kappa shape index (κ3) is 4.11. The number of hydrogen-bond acceptors (Lipinski definition) is 8. The van der Waals surface area contributed by atoms with E-state index in [0.29, 0.717) is 18.4 Å². The number of aromatic amines is 1. The van der Waals surface area contributed by atoms with Gasteiger partial charge in [-0.3, -0.25) is 5.10 Å². The van der Waals surface area contributed by atoms with Crippen LogP contribution in [0.15, 0.2) is 43.1 Å². The van der Waals surface area contributed by atoms with Crippen LogP contribution >= 0.6 is 0 Å². The third-order valence-electron chi connectivity index (χ3n) is 3.93. The fourth-order valence-corrected chi connectivity index (χ4v) is 2.61. The van der Waals surface area contributed by atoms with Crippen molar-refractivity contribution in [3.63, 3.8) is 0 Å². The fourth-order valence-electron chi connectivity index (χ4n) is 2.61. The molecular weight excluding hydrogens is 346 g/mol. The number of fused-ring (bicyclic) bond motifs is 1. The van der Waals surface area contributed by atoms with Crippen molar-refractivity contribution >= 4 is 28.5 Å². The Bertz CT molecular complexity index is 1010. The summed E-state index contributed by atoms with van der Waals surface area (Å²) in [6, 6.07) is 6.08. The van der Waals surface area contributed by atoms with Crippen molar-refractivity contribution in [2.24, 2.45) is 0 Å². The summed E-state index contributed by atoms with van der Waals surface area (Å²) >= 11 is 0. The van der Waals surface area contributed by atoms with Crippen molar-refractivity contribution in [3.8, 4) is 6.01 Å². The van der Waals surface area contributed by atoms with E-state index in [0.717, 1.165) is 29.6 Å². The van der Waals surface area contributed by atoms with Crippen LogP contribution in [0.2, 0.25) is 0 Å². The van der Waals surface area contributed by atoms with Crippen LogP contribution in [0.4, 0.5) is 17.6 Å². The summed E-state index contributed by atoms with van der Waals surface area (Å²) in [4.78, 5) is 16.9. The number of rotatable bonds is 8. The molecule has 0 unspecified atom stereocenters. The number of H-pyrrole nitrogens is 1. The largest absolute Gasteiger partial charge is 0.467 e. The number of aromatic nitrogens is 7. The summed E-state index contributed by atoms with van der Waals surface area (Å²) in [7, 11) is 1.53. The van der Waals surface area contributed by atoms with E-state index in [2.05, 4.69) is 40.8 Å². The molecule has 0 amide bonds. The van der Waals surface area contributed by atoms with E-state index < -0.39 is 0 Å². The normalized spacial score (nSPS) is 10.9. The zero-order chi connectivity index (χ0) is 18.5. The van der Waals surface area contributed by atoms with Gasteiger partial charge in [-0.25, -0.2) is 4.98 Å². The summed E-state index contributed by atoms with van der Waals surface area (Å²) < 4.78 is 7.21. The highest BCUT2D eigenvalue weighted by molar-refractivity contribution is 5.82. The molecule has 1 aromatic carbocycles. The first-order valence-corrected chi connectivity index (χ1v) is 8.50. The second kappa shape index (κ2) is 7.68. The Labute approximate surface area is 155 Å². The zero-order valence-electron chi connectivity index (χ0n) is 14.8. The molecule has 4 aromatic rings. The van der Waals surface area contributed by atoms with Crippen LogP contribution in [0.5, 0.6) is 6.01 Å². The quantitative estimate of drug-likeness (QED) is 0.407. The maximum Gasteiger partial charge on any atom is 0.322 e. The summed E-state index contributed by atoms with van der Waals surface area (Å²) in [5.41, 5.74) is 1.82. The molecule has 0 aliphatic rings. The van der Waals surface area contributed by atoms with E-state index in [4.69, 9.17) is 4.74 Å². The Balaban J connectivity index is 1.43. The predicted octanol–water partition coefficient (Wildman–Crippen LogP) is 2.20. The van der Waals surface area contributed by atoms with Gasteiger partial charge in [-0.05, 0) is 24.6 Å². The van der Waals surface area contributed by atoms with Gasteiger partial charge < -0.3 is 19.9 Å². The molecule has 27 heavy (non-hydrogen) atoms. The highest BCUT2D eigenvalue weighted by atomic mass is 16.5. The summed E-state index contributed by atoms with van der Waals surface area (Å²) in [6.45, 7) is 1.58. The molecule has 0 saturated heterocycles. The fraction of sp³-hybridized carbons (Fsp3) is 0.235. The van der Waals surface area contributed by atoms with Crippen molar-refractivity contribution < 1.29 is 4.74 Å². The molecule has 0 aliphatic heterocycles. The third-order valence-corrected chi connectivity index (χ3v) is 3.93. The molecule has 0 saturated carbocycles. The number of imidazole rings is 1. The molecule has 138 valence electrons. The number of nitrogens with one attached hydrogen (secondary N) is 3. The maximum absolute atomic E-state index is 5.19. The number of methoxy groups -OCH3 is 1. The molecule has 0 spiro atoms. The lowest BCUT2D eigenvalue weighted by Crippen LogP contribution is -2.11. The van der Waals surface area contributed by atoms with E-state index in [-0.39, 0.29) is 6.01 Å². The first-order valence-electron chi connectivity index (χ1n) is 8.50. The van der Waals surface area contributed by atoms with E-state index in [9.17, 15) is 0 Å². The first-order chi connectivity index (χ1) is 13.3. The molecule has 0 atom stereocenters. The van der Waals surface area contributed by atoms with Gasteiger partial charge in [0.1, 0.15) is 0 Å². The summed E-state index contributed by atoms with van der Waals surface area (Å²) in [5, 5.41) is 14.3. The van der Waals surface area contributed by atoms with Crippen LogP contribution in [0, 0.1) is 0 Å². The minimum Gasteiger partial charge on any atom is -0.467 e. The highest BCUT2D eigenvalue weighted by Crippen LogP contribution is 2.20. The lowest BCUT2D eigenvalue weighted by Gasteiger charge is -2.10. The molecule has 3 heterocycles. The SMILES string of the molecule is COc1nc(NCCCn2ccnc2)nc(Nc2ccc3[nH]ncc3c2)n1. The first kappa shape index (κ1) is 16.8. The number of benzene rings is 1. The van der Waals surface area contributed by atoms with Crippen molar-refractivity contribution in [2.75, 3.05) is 24.3 Å². The van der Waals surface area contributed by atoms with Crippen LogP contribution in [0.3, 0.4) is 0 Å². The molecule has 3 N–H and O–H groups in total. The van der Waals surface area contributed by atoms with Crippen LogP contribution < -0.4 is 15.4 Å². The highest BCUT2D eigenvalue weighted by Gasteiger charge is 2.08. The lowest BCUT2D eigenvalue weighted by molar-refractivity contribution is 0.379. The molecule has 4 rings (SSSR count). The lowest BCUT2D eigenvalue weighted by atomic mass is 10.2.